The highest BCUT2D eigenvalue weighted by Gasteiger charge is 2.73. The largest absolute Gasteiger partial charge is 0.463 e. The van der Waals surface area contributed by atoms with Crippen LogP contribution in [0.15, 0.2) is 0 Å². The Kier molecular flexibility index (Phi) is 10.1. The summed E-state index contributed by atoms with van der Waals surface area (Å²) in [6, 6.07) is 0. The molecule has 7 aliphatic rings. The van der Waals surface area contributed by atoms with Crippen LogP contribution in [-0.2, 0) is 42.8 Å². The zero-order valence-electron chi connectivity index (χ0n) is 33.4. The lowest BCUT2D eigenvalue weighted by Crippen LogP contribution is -2.68. The first-order chi connectivity index (χ1) is 24.2. The van der Waals surface area contributed by atoms with Crippen molar-refractivity contribution in [2.45, 2.75) is 174 Å². The van der Waals surface area contributed by atoms with E-state index in [2.05, 4.69) is 71.1 Å². The predicted octanol–water partition coefficient (Wildman–Crippen LogP) is 8.22. The monoisotopic (exact) mass is 840 g/mol. The molecule has 9 nitrogen and oxygen atoms in total. The van der Waals surface area contributed by atoms with Crippen molar-refractivity contribution in [1.82, 2.24) is 0 Å². The second kappa shape index (κ2) is 13.3. The SMILES string of the molecule is CC(=O)OC[C@H]1O[C@H](O[C@H]2CC[C@]3(C)[C@H]4CC[C@@H]5[C@H]6[C@H]7OC[C@@]6(CCC7(C)C)CC[C@@]5(C)[C@]4(C)CC[C@H]3C2(C)C)[C@@H](I)[C@@H](OC(C)=O)[C@@H]1OC(C)=O. The van der Waals surface area contributed by atoms with Gasteiger partial charge < -0.3 is 28.4 Å². The molecule has 0 amide bonds. The van der Waals surface area contributed by atoms with Crippen molar-refractivity contribution in [3.8, 4) is 0 Å². The zero-order chi connectivity index (χ0) is 37.8. The van der Waals surface area contributed by atoms with E-state index in [9.17, 15) is 14.4 Å². The van der Waals surface area contributed by atoms with Crippen LogP contribution in [0.1, 0.15) is 133 Å². The molecule has 294 valence electrons. The molecular weight excluding hydrogens is 775 g/mol. The molecule has 0 radical (unpaired) electrons. The van der Waals surface area contributed by atoms with Crippen molar-refractivity contribution in [2.75, 3.05) is 13.2 Å². The summed E-state index contributed by atoms with van der Waals surface area (Å²) in [7, 11) is 0. The van der Waals surface area contributed by atoms with E-state index in [1.165, 1.54) is 72.1 Å². The maximum Gasteiger partial charge on any atom is 0.303 e. The fourth-order valence-electron chi connectivity index (χ4n) is 14.3. The van der Waals surface area contributed by atoms with Gasteiger partial charge in [-0.2, -0.15) is 0 Å². The molecule has 10 heteroatoms. The third kappa shape index (κ3) is 5.93. The first-order valence-electron chi connectivity index (χ1n) is 20.2. The van der Waals surface area contributed by atoms with E-state index in [-0.39, 0.29) is 34.4 Å². The number of carbonyl (C=O) groups is 3. The van der Waals surface area contributed by atoms with Crippen molar-refractivity contribution in [1.29, 1.82) is 0 Å². The van der Waals surface area contributed by atoms with Crippen LogP contribution in [0.2, 0.25) is 0 Å². The molecule has 52 heavy (non-hydrogen) atoms. The van der Waals surface area contributed by atoms with E-state index < -0.39 is 46.4 Å². The minimum atomic E-state index is -0.936. The van der Waals surface area contributed by atoms with Crippen LogP contribution in [0.5, 0.6) is 0 Å². The molecule has 2 aliphatic heterocycles. The Balaban J connectivity index is 1.12. The van der Waals surface area contributed by atoms with Crippen molar-refractivity contribution in [3.05, 3.63) is 0 Å². The highest BCUT2D eigenvalue weighted by molar-refractivity contribution is 14.1. The molecule has 0 aromatic carbocycles. The second-order valence-electron chi connectivity index (χ2n) is 20.2. The van der Waals surface area contributed by atoms with Crippen LogP contribution in [0.25, 0.3) is 0 Å². The van der Waals surface area contributed by atoms with Crippen LogP contribution in [0, 0.1) is 56.2 Å². The molecule has 0 N–H and O–H groups in total. The topological polar surface area (TPSA) is 107 Å². The van der Waals surface area contributed by atoms with Crippen LogP contribution in [0.4, 0.5) is 0 Å². The lowest BCUT2D eigenvalue weighted by atomic mass is 9.31. The summed E-state index contributed by atoms with van der Waals surface area (Å²) < 4.78 is 36.6. The molecule has 5 saturated carbocycles. The fraction of sp³-hybridized carbons (Fsp3) is 0.929. The maximum atomic E-state index is 12.3. The molecule has 2 heterocycles. The number of rotatable bonds is 6. The van der Waals surface area contributed by atoms with Crippen LogP contribution in [0.3, 0.4) is 0 Å². The third-order valence-corrected chi connectivity index (χ3v) is 18.3. The Labute approximate surface area is 325 Å². The summed E-state index contributed by atoms with van der Waals surface area (Å²) in [5.74, 6) is 1.06. The van der Waals surface area contributed by atoms with E-state index in [1.54, 1.807) is 0 Å². The summed E-state index contributed by atoms with van der Waals surface area (Å²) >= 11 is 2.21. The average molecular weight is 841 g/mol. The maximum absolute atomic E-state index is 12.3. The Bertz CT molecular complexity index is 1430. The van der Waals surface area contributed by atoms with Gasteiger partial charge in [0.05, 0.1) is 18.8 Å². The number of fused-ring (bicyclic) bond motifs is 5. The van der Waals surface area contributed by atoms with E-state index in [1.807, 2.05) is 0 Å². The fourth-order valence-corrected chi connectivity index (χ4v) is 15.2. The van der Waals surface area contributed by atoms with E-state index in [4.69, 9.17) is 28.4 Å². The molecule has 2 bridgehead atoms. The van der Waals surface area contributed by atoms with Gasteiger partial charge in [0, 0.05) is 20.8 Å². The van der Waals surface area contributed by atoms with Crippen LogP contribution >= 0.6 is 22.6 Å². The van der Waals surface area contributed by atoms with Gasteiger partial charge in [0.15, 0.2) is 18.5 Å². The molecule has 2 saturated heterocycles. The van der Waals surface area contributed by atoms with Gasteiger partial charge in [-0.05, 0) is 120 Å². The third-order valence-electron chi connectivity index (χ3n) is 17.0. The van der Waals surface area contributed by atoms with Crippen LogP contribution in [-0.4, -0.2) is 71.9 Å². The number of alkyl halides is 1. The van der Waals surface area contributed by atoms with Crippen molar-refractivity contribution in [2.24, 2.45) is 56.2 Å². The molecule has 0 aromatic heterocycles. The Morgan fingerprint density at radius 2 is 1.40 bits per heavy atom. The summed E-state index contributed by atoms with van der Waals surface area (Å²) in [4.78, 5) is 36.3. The number of carbonyl (C=O) groups excluding carboxylic acids is 3. The zero-order valence-corrected chi connectivity index (χ0v) is 35.5. The minimum absolute atomic E-state index is 0.0893. The van der Waals surface area contributed by atoms with E-state index >= 15 is 0 Å². The minimum Gasteiger partial charge on any atom is -0.463 e. The average Bonchev–Trinajstić information content (AvgIpc) is 3.38. The van der Waals surface area contributed by atoms with Gasteiger partial charge in [-0.15, -0.1) is 0 Å². The quantitative estimate of drug-likeness (QED) is 0.0861. The summed E-state index contributed by atoms with van der Waals surface area (Å²) in [5, 5.41) is 0. The highest BCUT2D eigenvalue weighted by Crippen LogP contribution is 2.78. The van der Waals surface area contributed by atoms with Gasteiger partial charge in [0.25, 0.3) is 0 Å². The number of esters is 3. The highest BCUT2D eigenvalue weighted by atomic mass is 127. The molecule has 15 atom stereocenters. The Hall–Kier alpha value is -0.980. The summed E-state index contributed by atoms with van der Waals surface area (Å²) in [6.45, 7) is 22.6. The summed E-state index contributed by atoms with van der Waals surface area (Å²) in [6.07, 6.45) is 9.28. The lowest BCUT2D eigenvalue weighted by Gasteiger charge is -2.73. The lowest BCUT2D eigenvalue weighted by molar-refractivity contribution is -0.300. The molecule has 0 spiro atoms. The van der Waals surface area contributed by atoms with Gasteiger partial charge in [-0.25, -0.2) is 0 Å². The number of ether oxygens (including phenoxy) is 6. The van der Waals surface area contributed by atoms with Gasteiger partial charge in [-0.1, -0.05) is 71.1 Å². The van der Waals surface area contributed by atoms with Crippen molar-refractivity contribution >= 4 is 40.5 Å². The molecular formula is C42H65IO9. The van der Waals surface area contributed by atoms with Crippen molar-refractivity contribution < 1.29 is 42.8 Å². The van der Waals surface area contributed by atoms with Crippen molar-refractivity contribution in [3.63, 3.8) is 0 Å². The molecule has 5 aliphatic carbocycles. The van der Waals surface area contributed by atoms with E-state index in [0.717, 1.165) is 25.4 Å². The molecule has 7 rings (SSSR count). The van der Waals surface area contributed by atoms with Gasteiger partial charge >= 0.3 is 17.9 Å². The van der Waals surface area contributed by atoms with E-state index in [0.29, 0.717) is 34.7 Å². The van der Waals surface area contributed by atoms with Gasteiger partial charge in [0.1, 0.15) is 16.6 Å². The predicted molar refractivity (Wildman–Crippen MR) is 203 cm³/mol. The second-order valence-corrected chi connectivity index (χ2v) is 21.6. The molecule has 0 unspecified atom stereocenters. The Morgan fingerprint density at radius 1 is 0.731 bits per heavy atom. The van der Waals surface area contributed by atoms with Crippen LogP contribution < -0.4 is 0 Å². The molecule has 0 aromatic rings. The summed E-state index contributed by atoms with van der Waals surface area (Å²) in [5.41, 5.74) is 1.29. The Morgan fingerprint density at radius 3 is 2.08 bits per heavy atom. The first-order valence-corrected chi connectivity index (χ1v) is 21.5. The van der Waals surface area contributed by atoms with Gasteiger partial charge in [-0.3, -0.25) is 14.4 Å². The number of hydrogen-bond acceptors (Lipinski definition) is 9. The molecule has 7 fully saturated rings. The standard InChI is InChI=1S/C42H65IO9/c1-23(44)47-21-27-33(49-24(2)45)34(50-25(3)46)32(43)36(51-27)52-30-14-15-39(8)28(38(30,6)7)13-16-41(10)29(39)12-11-26-31-35-37(4,5)17-19-42(31,22-48-35)20-18-40(26,41)9/h26-36H,11-22H2,1-10H3/t26-,27-,28+,29-,30+,31+,32+,33-,34-,35-,36-,39+,40-,41-,42-/m1/s1. The smallest absolute Gasteiger partial charge is 0.303 e. The number of hydrogen-bond donors (Lipinski definition) is 0. The van der Waals surface area contributed by atoms with Gasteiger partial charge in [0.2, 0.25) is 0 Å². The normalized spacial score (nSPS) is 50.0. The first kappa shape index (κ1) is 39.3. The number of halogens is 1.